The normalized spacial score (nSPS) is 11.5. The Bertz CT molecular complexity index is 1120. The topological polar surface area (TPSA) is 151 Å². The maximum atomic E-state index is 12.7. The van der Waals surface area contributed by atoms with Crippen molar-refractivity contribution in [1.82, 2.24) is 14.4 Å². The maximum absolute atomic E-state index is 12.7. The van der Waals surface area contributed by atoms with Gasteiger partial charge < -0.3 is 10.0 Å². The van der Waals surface area contributed by atoms with Gasteiger partial charge in [0.1, 0.15) is 4.90 Å². The second kappa shape index (κ2) is 8.45. The smallest absolute Gasteiger partial charge is 0.456 e. The van der Waals surface area contributed by atoms with Crippen molar-refractivity contribution in [1.29, 1.82) is 0 Å². The number of benzene rings is 1. The molecule has 0 saturated heterocycles. The number of aromatic nitrogens is 1. The molecule has 29 heavy (non-hydrogen) atoms. The molecule has 2 rings (SSSR count). The molecule has 1 N–H and O–H groups in total. The van der Waals surface area contributed by atoms with Gasteiger partial charge in [0, 0.05) is 25.7 Å². The molecule has 0 aliphatic rings. The van der Waals surface area contributed by atoms with Crippen LogP contribution in [-0.2, 0) is 31.2 Å². The summed E-state index contributed by atoms with van der Waals surface area (Å²) in [6, 6.07) is 7.63. The molecule has 11 nitrogen and oxygen atoms in total. The Hall–Kier alpha value is -3.19. The molecule has 0 atom stereocenters. The Morgan fingerprint density at radius 2 is 1.69 bits per heavy atom. The van der Waals surface area contributed by atoms with Gasteiger partial charge in [0.25, 0.3) is 0 Å². The van der Waals surface area contributed by atoms with Crippen LogP contribution in [0.3, 0.4) is 0 Å². The van der Waals surface area contributed by atoms with E-state index in [1.165, 1.54) is 31.6 Å². The second-order valence-electron chi connectivity index (χ2n) is 5.81. The molecule has 2 amide bonds. The summed E-state index contributed by atoms with van der Waals surface area (Å²) in [5, 5.41) is 9.28. The highest BCUT2D eigenvalue weighted by molar-refractivity contribution is 7.93. The molecule has 0 fully saturated rings. The number of nitrogens with zero attached hydrogens (tertiary/aromatic N) is 3. The van der Waals surface area contributed by atoms with Crippen molar-refractivity contribution in [2.45, 2.75) is 16.3 Å². The van der Waals surface area contributed by atoms with Crippen LogP contribution < -0.4 is 0 Å². The SMILES string of the molecule is CN(Cc1cccnc1)C(=O)ON(C(=O)O)S(=O)(=O)c1ccccc1S(C)(=O)=O. The van der Waals surface area contributed by atoms with Gasteiger partial charge in [0.05, 0.1) is 11.4 Å². The van der Waals surface area contributed by atoms with Crippen LogP contribution in [0.25, 0.3) is 0 Å². The summed E-state index contributed by atoms with van der Waals surface area (Å²) in [5.74, 6) is 0. The molecule has 2 aromatic rings. The zero-order chi connectivity index (χ0) is 21.8. The minimum atomic E-state index is -5.04. The number of sulfone groups is 1. The summed E-state index contributed by atoms with van der Waals surface area (Å²) in [4.78, 5) is 31.6. The fourth-order valence-corrected chi connectivity index (χ4v) is 4.87. The standard InChI is InChI=1S/C16H17N3O8S2/c1-18(11-12-6-5-9-17-10-12)16(22)27-19(15(20)21)29(25,26)14-8-4-3-7-13(14)28(2,23)24/h3-10H,11H2,1-2H3,(H,20,21). The monoisotopic (exact) mass is 443 g/mol. The van der Waals surface area contributed by atoms with Gasteiger partial charge in [-0.3, -0.25) is 9.82 Å². The van der Waals surface area contributed by atoms with Crippen LogP contribution in [0.2, 0.25) is 0 Å². The Kier molecular flexibility index (Phi) is 6.44. The van der Waals surface area contributed by atoms with Gasteiger partial charge in [-0.25, -0.2) is 18.0 Å². The van der Waals surface area contributed by atoms with E-state index >= 15 is 0 Å². The first-order valence-corrected chi connectivity index (χ1v) is 11.2. The number of hydrogen-bond acceptors (Lipinski definition) is 8. The highest BCUT2D eigenvalue weighted by atomic mass is 32.2. The van der Waals surface area contributed by atoms with Crippen molar-refractivity contribution in [3.05, 3.63) is 54.4 Å². The fraction of sp³-hybridized carbons (Fsp3) is 0.188. The zero-order valence-electron chi connectivity index (χ0n) is 15.3. The Morgan fingerprint density at radius 1 is 1.07 bits per heavy atom. The van der Waals surface area contributed by atoms with Crippen molar-refractivity contribution < 1.29 is 36.4 Å². The number of carbonyl (C=O) groups excluding carboxylic acids is 1. The predicted octanol–water partition coefficient (Wildman–Crippen LogP) is 1.34. The third-order valence-electron chi connectivity index (χ3n) is 3.52. The van der Waals surface area contributed by atoms with Crippen molar-refractivity contribution in [3.8, 4) is 0 Å². The lowest BCUT2D eigenvalue weighted by Crippen LogP contribution is -2.41. The van der Waals surface area contributed by atoms with Gasteiger partial charge >= 0.3 is 22.2 Å². The lowest BCUT2D eigenvalue weighted by Gasteiger charge is -2.22. The molecule has 156 valence electrons. The Morgan fingerprint density at radius 3 is 2.21 bits per heavy atom. The molecule has 0 radical (unpaired) electrons. The van der Waals surface area contributed by atoms with Crippen LogP contribution in [0.1, 0.15) is 5.56 Å². The Balaban J connectivity index is 2.34. The summed E-state index contributed by atoms with van der Waals surface area (Å²) in [5.41, 5.74) is 0.583. The number of hydrogen-bond donors (Lipinski definition) is 1. The van der Waals surface area contributed by atoms with Gasteiger partial charge in [-0.05, 0) is 28.2 Å². The molecule has 0 bridgehead atoms. The molecule has 1 aromatic heterocycles. The average Bonchev–Trinajstić information content (AvgIpc) is 2.65. The van der Waals surface area contributed by atoms with E-state index < -0.39 is 46.3 Å². The summed E-state index contributed by atoms with van der Waals surface area (Å²) in [7, 11) is -7.80. The summed E-state index contributed by atoms with van der Waals surface area (Å²) in [6.45, 7) is -0.0416. The van der Waals surface area contributed by atoms with E-state index in [9.17, 15) is 31.5 Å². The first kappa shape index (κ1) is 22.1. The average molecular weight is 443 g/mol. The highest BCUT2D eigenvalue weighted by Gasteiger charge is 2.37. The number of carbonyl (C=O) groups is 2. The van der Waals surface area contributed by atoms with E-state index in [-0.39, 0.29) is 6.54 Å². The van der Waals surface area contributed by atoms with Crippen LogP contribution in [0.15, 0.2) is 58.6 Å². The number of rotatable bonds is 5. The van der Waals surface area contributed by atoms with Crippen LogP contribution in [0, 0.1) is 0 Å². The number of carboxylic acid groups (broad SMARTS) is 1. The number of amides is 2. The number of hydroxylamine groups is 1. The van der Waals surface area contributed by atoms with Gasteiger partial charge in [-0.2, -0.15) is 8.42 Å². The van der Waals surface area contributed by atoms with Gasteiger partial charge in [-0.15, -0.1) is 0 Å². The van der Waals surface area contributed by atoms with Crippen molar-refractivity contribution in [2.24, 2.45) is 0 Å². The first-order valence-electron chi connectivity index (χ1n) is 7.84. The van der Waals surface area contributed by atoms with Crippen LogP contribution in [-0.4, -0.2) is 61.8 Å². The molecule has 1 heterocycles. The molecule has 0 saturated carbocycles. The predicted molar refractivity (Wildman–Crippen MR) is 98.8 cm³/mol. The fourth-order valence-electron chi connectivity index (χ4n) is 2.22. The van der Waals surface area contributed by atoms with E-state index in [1.807, 2.05) is 0 Å². The van der Waals surface area contributed by atoms with E-state index in [0.717, 1.165) is 23.3 Å². The Labute approximate surface area is 167 Å². The maximum Gasteiger partial charge on any atom is 0.456 e. The van der Waals surface area contributed by atoms with Gasteiger partial charge in [0.2, 0.25) is 0 Å². The van der Waals surface area contributed by atoms with Crippen molar-refractivity contribution >= 4 is 32.0 Å². The van der Waals surface area contributed by atoms with Crippen LogP contribution >= 0.6 is 0 Å². The third-order valence-corrected chi connectivity index (χ3v) is 6.38. The molecular weight excluding hydrogens is 426 g/mol. The summed E-state index contributed by atoms with van der Waals surface area (Å²) < 4.78 is 48.6. The van der Waals surface area contributed by atoms with E-state index in [4.69, 9.17) is 0 Å². The first-order chi connectivity index (χ1) is 13.4. The number of sulfonamides is 1. The lowest BCUT2D eigenvalue weighted by atomic mass is 10.3. The molecule has 0 aliphatic heterocycles. The van der Waals surface area contributed by atoms with E-state index in [2.05, 4.69) is 9.82 Å². The third kappa shape index (κ3) is 5.20. The highest BCUT2D eigenvalue weighted by Crippen LogP contribution is 2.25. The minimum absolute atomic E-state index is 0.0416. The van der Waals surface area contributed by atoms with Crippen molar-refractivity contribution in [3.63, 3.8) is 0 Å². The van der Waals surface area contributed by atoms with E-state index in [1.54, 1.807) is 12.1 Å². The molecule has 1 aromatic carbocycles. The summed E-state index contributed by atoms with van der Waals surface area (Å²) >= 11 is 0. The molecule has 0 unspecified atom stereocenters. The van der Waals surface area contributed by atoms with Gasteiger partial charge in [0.15, 0.2) is 9.84 Å². The second-order valence-corrected chi connectivity index (χ2v) is 9.51. The minimum Gasteiger partial charge on any atom is -0.462 e. The molecular formula is C16H17N3O8S2. The molecule has 13 heteroatoms. The largest absolute Gasteiger partial charge is 0.462 e. The molecule has 0 aliphatic carbocycles. The molecule has 0 spiro atoms. The van der Waals surface area contributed by atoms with Crippen molar-refractivity contribution in [2.75, 3.05) is 13.3 Å². The van der Waals surface area contributed by atoms with Crippen LogP contribution in [0.5, 0.6) is 0 Å². The van der Waals surface area contributed by atoms with Gasteiger partial charge in [-0.1, -0.05) is 18.2 Å². The lowest BCUT2D eigenvalue weighted by molar-refractivity contribution is -0.0250. The van der Waals surface area contributed by atoms with Crippen LogP contribution in [0.4, 0.5) is 9.59 Å². The summed E-state index contributed by atoms with van der Waals surface area (Å²) in [6.07, 6.45) is 0.311. The number of pyridine rings is 1. The van der Waals surface area contributed by atoms with E-state index in [0.29, 0.717) is 5.56 Å². The zero-order valence-corrected chi connectivity index (χ0v) is 16.9. The quantitative estimate of drug-likeness (QED) is 0.675.